The Labute approximate surface area is 170 Å². The van der Waals surface area contributed by atoms with Crippen LogP contribution in [0.1, 0.15) is 22.3 Å². The molecular weight excluding hydrogens is 405 g/mol. The van der Waals surface area contributed by atoms with Gasteiger partial charge in [-0.15, -0.1) is 12.4 Å². The molecule has 0 spiro atoms. The van der Waals surface area contributed by atoms with Crippen molar-refractivity contribution in [2.75, 3.05) is 24.9 Å². The summed E-state index contributed by atoms with van der Waals surface area (Å²) in [7, 11) is -2.24. The van der Waals surface area contributed by atoms with Crippen molar-refractivity contribution in [3.8, 4) is 0 Å². The summed E-state index contributed by atoms with van der Waals surface area (Å²) in [6.07, 6.45) is 0.852. The van der Waals surface area contributed by atoms with Gasteiger partial charge < -0.3 is 10.2 Å². The van der Waals surface area contributed by atoms with Gasteiger partial charge in [0.2, 0.25) is 0 Å². The molecule has 0 saturated carbocycles. The topological polar surface area (TPSA) is 78.5 Å². The van der Waals surface area contributed by atoms with Crippen molar-refractivity contribution in [1.29, 1.82) is 0 Å². The summed E-state index contributed by atoms with van der Waals surface area (Å²) in [5.41, 5.74) is 0.701. The third kappa shape index (κ3) is 4.63. The highest BCUT2D eigenvalue weighted by atomic mass is 35.5. The van der Waals surface area contributed by atoms with E-state index in [9.17, 15) is 17.6 Å². The number of amides is 1. The molecule has 1 fully saturated rings. The molecule has 0 radical (unpaired) electrons. The number of nitrogens with one attached hydrogen (secondary N) is 2. The standard InChI is InChI=1S/C19H22FN3O3S.ClH/c1-13-11-15(7-8-17(13)20)27(25,26)22-18-6-4-3-5-16(18)19(24)23(2)14-9-10-21-12-14;/h3-8,11,14,21-22H,9-10,12H2,1-2H3;1H. The van der Waals surface area contributed by atoms with Crippen molar-refractivity contribution < 1.29 is 17.6 Å². The average Bonchev–Trinajstić information content (AvgIpc) is 3.17. The first-order valence-corrected chi connectivity index (χ1v) is 10.1. The van der Waals surface area contributed by atoms with Crippen LogP contribution in [-0.2, 0) is 10.0 Å². The fourth-order valence-corrected chi connectivity index (χ4v) is 4.24. The highest BCUT2D eigenvalue weighted by Crippen LogP contribution is 2.23. The van der Waals surface area contributed by atoms with Gasteiger partial charge in [-0.25, -0.2) is 12.8 Å². The molecule has 1 amide bonds. The monoisotopic (exact) mass is 427 g/mol. The lowest BCUT2D eigenvalue weighted by Gasteiger charge is -2.25. The first kappa shape index (κ1) is 22.1. The molecule has 1 aliphatic heterocycles. The minimum Gasteiger partial charge on any atom is -0.337 e. The molecule has 2 N–H and O–H groups in total. The Morgan fingerprint density at radius 2 is 1.96 bits per heavy atom. The quantitative estimate of drug-likeness (QED) is 0.769. The molecule has 0 aliphatic carbocycles. The van der Waals surface area contributed by atoms with Crippen LogP contribution in [0.4, 0.5) is 10.1 Å². The maximum Gasteiger partial charge on any atom is 0.261 e. The molecule has 28 heavy (non-hydrogen) atoms. The van der Waals surface area contributed by atoms with E-state index in [4.69, 9.17) is 0 Å². The fourth-order valence-electron chi connectivity index (χ4n) is 3.07. The van der Waals surface area contributed by atoms with E-state index in [1.807, 2.05) is 0 Å². The van der Waals surface area contributed by atoms with Gasteiger partial charge in [-0.2, -0.15) is 0 Å². The van der Waals surface area contributed by atoms with Crippen LogP contribution in [0.25, 0.3) is 0 Å². The van der Waals surface area contributed by atoms with Crippen LogP contribution in [0.5, 0.6) is 0 Å². The number of halogens is 2. The van der Waals surface area contributed by atoms with Gasteiger partial charge in [-0.05, 0) is 55.8 Å². The maximum absolute atomic E-state index is 13.4. The number of carbonyl (C=O) groups excluding carboxylic acids is 1. The van der Waals surface area contributed by atoms with E-state index in [1.165, 1.54) is 19.1 Å². The minimum absolute atomic E-state index is 0. The van der Waals surface area contributed by atoms with E-state index in [0.717, 1.165) is 19.0 Å². The van der Waals surface area contributed by atoms with Crippen LogP contribution in [0.15, 0.2) is 47.4 Å². The second-order valence-electron chi connectivity index (χ2n) is 6.62. The number of benzene rings is 2. The highest BCUT2D eigenvalue weighted by molar-refractivity contribution is 7.92. The Morgan fingerprint density at radius 1 is 1.25 bits per heavy atom. The SMILES string of the molecule is Cc1cc(S(=O)(=O)Nc2ccccc2C(=O)N(C)C2CCNC2)ccc1F.Cl. The summed E-state index contributed by atoms with van der Waals surface area (Å²) in [5, 5.41) is 3.21. The van der Waals surface area contributed by atoms with E-state index < -0.39 is 15.8 Å². The predicted molar refractivity (Wildman–Crippen MR) is 109 cm³/mol. The average molecular weight is 428 g/mol. The second kappa shape index (κ2) is 8.89. The smallest absolute Gasteiger partial charge is 0.261 e. The third-order valence-electron chi connectivity index (χ3n) is 4.74. The molecule has 3 rings (SSSR count). The number of nitrogens with zero attached hydrogens (tertiary/aromatic N) is 1. The van der Waals surface area contributed by atoms with Gasteiger partial charge >= 0.3 is 0 Å². The summed E-state index contributed by atoms with van der Waals surface area (Å²) in [4.78, 5) is 14.5. The maximum atomic E-state index is 13.4. The van der Waals surface area contributed by atoms with Crippen molar-refractivity contribution in [3.05, 3.63) is 59.4 Å². The number of hydrogen-bond donors (Lipinski definition) is 2. The van der Waals surface area contributed by atoms with Crippen molar-refractivity contribution in [3.63, 3.8) is 0 Å². The summed E-state index contributed by atoms with van der Waals surface area (Å²) < 4.78 is 41.3. The first-order chi connectivity index (χ1) is 12.8. The van der Waals surface area contributed by atoms with Crippen molar-refractivity contribution >= 4 is 34.0 Å². The molecule has 1 saturated heterocycles. The lowest BCUT2D eigenvalue weighted by Crippen LogP contribution is -2.38. The highest BCUT2D eigenvalue weighted by Gasteiger charge is 2.26. The molecule has 1 aliphatic rings. The van der Waals surface area contributed by atoms with Crippen LogP contribution >= 0.6 is 12.4 Å². The summed E-state index contributed by atoms with van der Waals surface area (Å²) in [6, 6.07) is 10.1. The number of anilines is 1. The number of carbonyl (C=O) groups is 1. The molecule has 0 aromatic heterocycles. The Balaban J connectivity index is 0.00000280. The van der Waals surface area contributed by atoms with Crippen molar-refractivity contribution in [1.82, 2.24) is 10.2 Å². The molecule has 1 unspecified atom stereocenters. The number of rotatable bonds is 5. The number of sulfonamides is 1. The van der Waals surface area contributed by atoms with Gasteiger partial charge in [0, 0.05) is 19.6 Å². The Hall–Kier alpha value is -2.16. The Bertz CT molecular complexity index is 963. The second-order valence-corrected chi connectivity index (χ2v) is 8.31. The van der Waals surface area contributed by atoms with Crippen LogP contribution in [0, 0.1) is 12.7 Å². The van der Waals surface area contributed by atoms with E-state index in [0.29, 0.717) is 6.54 Å². The molecule has 2 aromatic rings. The van der Waals surface area contributed by atoms with E-state index in [2.05, 4.69) is 10.0 Å². The van der Waals surface area contributed by atoms with Crippen LogP contribution < -0.4 is 10.0 Å². The van der Waals surface area contributed by atoms with Gasteiger partial charge in [0.15, 0.2) is 0 Å². The largest absolute Gasteiger partial charge is 0.337 e. The zero-order valence-electron chi connectivity index (χ0n) is 15.6. The molecule has 1 atom stereocenters. The molecule has 9 heteroatoms. The zero-order chi connectivity index (χ0) is 19.6. The fraction of sp³-hybridized carbons (Fsp3) is 0.316. The Morgan fingerprint density at radius 3 is 2.61 bits per heavy atom. The van der Waals surface area contributed by atoms with E-state index in [-0.39, 0.29) is 46.1 Å². The van der Waals surface area contributed by atoms with Crippen LogP contribution in [-0.4, -0.2) is 45.4 Å². The molecule has 0 bridgehead atoms. The summed E-state index contributed by atoms with van der Waals surface area (Å²) in [5.74, 6) is -0.728. The lowest BCUT2D eigenvalue weighted by molar-refractivity contribution is 0.0745. The normalized spacial score (nSPS) is 16.3. The zero-order valence-corrected chi connectivity index (χ0v) is 17.2. The number of para-hydroxylation sites is 1. The lowest BCUT2D eigenvalue weighted by atomic mass is 10.1. The van der Waals surface area contributed by atoms with E-state index >= 15 is 0 Å². The van der Waals surface area contributed by atoms with Gasteiger partial charge in [-0.1, -0.05) is 12.1 Å². The van der Waals surface area contributed by atoms with Crippen molar-refractivity contribution in [2.24, 2.45) is 0 Å². The molecular formula is C19H23ClFN3O3S. The van der Waals surface area contributed by atoms with E-state index in [1.54, 1.807) is 36.2 Å². The molecule has 2 aromatic carbocycles. The summed E-state index contributed by atoms with van der Waals surface area (Å²) >= 11 is 0. The van der Waals surface area contributed by atoms with Gasteiger partial charge in [0.25, 0.3) is 15.9 Å². The van der Waals surface area contributed by atoms with Crippen LogP contribution in [0.3, 0.4) is 0 Å². The predicted octanol–water partition coefficient (Wildman–Crippen LogP) is 2.79. The number of likely N-dealkylation sites (N-methyl/N-ethyl adjacent to an activating group) is 1. The molecule has 6 nitrogen and oxygen atoms in total. The third-order valence-corrected chi connectivity index (χ3v) is 6.11. The summed E-state index contributed by atoms with van der Waals surface area (Å²) in [6.45, 7) is 3.06. The molecule has 1 heterocycles. The van der Waals surface area contributed by atoms with Crippen molar-refractivity contribution in [2.45, 2.75) is 24.3 Å². The first-order valence-electron chi connectivity index (χ1n) is 8.65. The minimum atomic E-state index is -3.95. The van der Waals surface area contributed by atoms with Gasteiger partial charge in [0.1, 0.15) is 5.82 Å². The van der Waals surface area contributed by atoms with Gasteiger partial charge in [0.05, 0.1) is 16.1 Å². The Kier molecular flexibility index (Phi) is 7.03. The van der Waals surface area contributed by atoms with Crippen LogP contribution in [0.2, 0.25) is 0 Å². The number of hydrogen-bond acceptors (Lipinski definition) is 4. The van der Waals surface area contributed by atoms with Gasteiger partial charge in [-0.3, -0.25) is 9.52 Å². The number of aryl methyl sites for hydroxylation is 1. The molecule has 152 valence electrons.